The summed E-state index contributed by atoms with van der Waals surface area (Å²) in [4.78, 5) is 12.2. The maximum atomic E-state index is 10.4. The molecule has 1 aromatic carbocycles. The molecule has 0 radical (unpaired) electrons. The average Bonchev–Trinajstić information content (AvgIpc) is 2.08. The van der Waals surface area contributed by atoms with E-state index in [0.717, 1.165) is 6.07 Å². The molecule has 0 aliphatic heterocycles. The van der Waals surface area contributed by atoms with Crippen molar-refractivity contribution in [3.05, 3.63) is 43.8 Å². The zero-order valence-electron chi connectivity index (χ0n) is 6.22. The molecule has 7 heteroatoms. The summed E-state index contributed by atoms with van der Waals surface area (Å²) in [5, 5.41) is 13.6. The van der Waals surface area contributed by atoms with Crippen LogP contribution in [-0.4, -0.2) is 4.92 Å². The minimum absolute atomic E-state index is 0.0156. The Kier molecular flexibility index (Phi) is 2.69. The van der Waals surface area contributed by atoms with Crippen molar-refractivity contribution in [3.8, 4) is 0 Å². The second-order valence-electron chi connectivity index (χ2n) is 2.08. The first-order valence-electron chi connectivity index (χ1n) is 3.14. The first-order chi connectivity index (χ1) is 6.15. The van der Waals surface area contributed by atoms with E-state index in [1.807, 2.05) is 0 Å². The number of nitro groups is 1. The Morgan fingerprint density at radius 2 is 2.31 bits per heavy atom. The van der Waals surface area contributed by atoms with Gasteiger partial charge in [-0.2, -0.15) is 0 Å². The molecule has 0 bridgehead atoms. The van der Waals surface area contributed by atoms with Crippen molar-refractivity contribution in [2.45, 2.75) is 0 Å². The molecule has 1 rings (SSSR count). The molecular weight excluding hydrogens is 196 g/mol. The molecule has 0 heterocycles. The van der Waals surface area contributed by atoms with Crippen LogP contribution in [0.3, 0.4) is 0 Å². The van der Waals surface area contributed by atoms with E-state index >= 15 is 0 Å². The molecule has 0 N–H and O–H groups in total. The van der Waals surface area contributed by atoms with Crippen molar-refractivity contribution in [3.63, 3.8) is 0 Å². The van der Waals surface area contributed by atoms with Gasteiger partial charge in [0.25, 0.3) is 5.69 Å². The Balaban J connectivity index is 3.26. The van der Waals surface area contributed by atoms with Crippen LogP contribution >= 0.6 is 11.6 Å². The van der Waals surface area contributed by atoms with Gasteiger partial charge in [-0.1, -0.05) is 22.8 Å². The van der Waals surface area contributed by atoms with Crippen molar-refractivity contribution < 1.29 is 4.92 Å². The Bertz CT molecular complexity index is 400. The summed E-state index contributed by atoms with van der Waals surface area (Å²) in [6, 6.07) is 3.82. The number of rotatable bonds is 2. The number of nitro benzene ring substituents is 1. The van der Waals surface area contributed by atoms with Crippen LogP contribution in [0.1, 0.15) is 0 Å². The SMILES string of the molecule is [N-]=[N+]=Nc1ccc(Cl)c([N+](=O)[O-])c1. The van der Waals surface area contributed by atoms with Gasteiger partial charge in [-0.25, -0.2) is 0 Å². The van der Waals surface area contributed by atoms with Crippen LogP contribution in [0, 0.1) is 10.1 Å². The Labute approximate surface area is 77.5 Å². The first-order valence-corrected chi connectivity index (χ1v) is 3.52. The quantitative estimate of drug-likeness (QED) is 0.240. The molecule has 0 unspecified atom stereocenters. The smallest absolute Gasteiger partial charge is 0.258 e. The highest BCUT2D eigenvalue weighted by Crippen LogP contribution is 2.28. The molecule has 6 nitrogen and oxygen atoms in total. The molecular formula is C6H3ClN4O2. The highest BCUT2D eigenvalue weighted by atomic mass is 35.5. The third-order valence-corrected chi connectivity index (χ3v) is 1.61. The number of halogens is 1. The summed E-state index contributed by atoms with van der Waals surface area (Å²) in [6.45, 7) is 0. The summed E-state index contributed by atoms with van der Waals surface area (Å²) < 4.78 is 0. The molecule has 0 aromatic heterocycles. The fraction of sp³-hybridized carbons (Fsp3) is 0. The topological polar surface area (TPSA) is 91.9 Å². The van der Waals surface area contributed by atoms with Gasteiger partial charge in [0.15, 0.2) is 0 Å². The van der Waals surface area contributed by atoms with Gasteiger partial charge < -0.3 is 0 Å². The van der Waals surface area contributed by atoms with E-state index in [1.165, 1.54) is 12.1 Å². The van der Waals surface area contributed by atoms with E-state index < -0.39 is 4.92 Å². The minimum Gasteiger partial charge on any atom is -0.258 e. The highest BCUT2D eigenvalue weighted by molar-refractivity contribution is 6.32. The molecule has 0 amide bonds. The zero-order chi connectivity index (χ0) is 9.84. The van der Waals surface area contributed by atoms with E-state index in [9.17, 15) is 10.1 Å². The van der Waals surface area contributed by atoms with Crippen molar-refractivity contribution >= 4 is 23.0 Å². The lowest BCUT2D eigenvalue weighted by molar-refractivity contribution is -0.384. The van der Waals surface area contributed by atoms with Gasteiger partial charge in [0.1, 0.15) is 5.02 Å². The Hall–Kier alpha value is -1.78. The van der Waals surface area contributed by atoms with Crippen LogP contribution in [0.4, 0.5) is 11.4 Å². The molecule has 0 atom stereocenters. The Morgan fingerprint density at radius 3 is 2.85 bits per heavy atom. The maximum absolute atomic E-state index is 10.4. The molecule has 0 fully saturated rings. The molecule has 0 spiro atoms. The molecule has 13 heavy (non-hydrogen) atoms. The van der Waals surface area contributed by atoms with Crippen molar-refractivity contribution in [1.29, 1.82) is 0 Å². The van der Waals surface area contributed by atoms with Crippen LogP contribution in [-0.2, 0) is 0 Å². The van der Waals surface area contributed by atoms with Crippen LogP contribution < -0.4 is 0 Å². The number of benzene rings is 1. The summed E-state index contributed by atoms with van der Waals surface area (Å²) >= 11 is 5.51. The van der Waals surface area contributed by atoms with Crippen molar-refractivity contribution in [2.24, 2.45) is 5.11 Å². The summed E-state index contributed by atoms with van der Waals surface area (Å²) in [7, 11) is 0. The molecule has 0 aliphatic carbocycles. The van der Waals surface area contributed by atoms with Crippen LogP contribution in [0.2, 0.25) is 5.02 Å². The second kappa shape index (κ2) is 3.75. The van der Waals surface area contributed by atoms with E-state index in [-0.39, 0.29) is 16.4 Å². The van der Waals surface area contributed by atoms with Gasteiger partial charge in [-0.15, -0.1) is 0 Å². The minimum atomic E-state index is -0.640. The number of hydrogen-bond donors (Lipinski definition) is 0. The normalized spacial score (nSPS) is 9.00. The summed E-state index contributed by atoms with van der Waals surface area (Å²) in [6.07, 6.45) is 0. The van der Waals surface area contributed by atoms with E-state index in [1.54, 1.807) is 0 Å². The Morgan fingerprint density at radius 1 is 1.62 bits per heavy atom. The fourth-order valence-corrected chi connectivity index (χ4v) is 0.941. The van der Waals surface area contributed by atoms with Gasteiger partial charge in [0.05, 0.1) is 4.92 Å². The number of azide groups is 1. The summed E-state index contributed by atoms with van der Waals surface area (Å²) in [5.74, 6) is 0. The largest absolute Gasteiger partial charge is 0.288 e. The molecule has 1 aromatic rings. The van der Waals surface area contributed by atoms with Gasteiger partial charge in [-0.3, -0.25) is 10.1 Å². The van der Waals surface area contributed by atoms with Crippen LogP contribution in [0.5, 0.6) is 0 Å². The fourth-order valence-electron chi connectivity index (χ4n) is 0.755. The molecule has 66 valence electrons. The standard InChI is InChI=1S/C6H3ClN4O2/c7-5-2-1-4(9-10-8)3-6(5)11(12)13/h1-3H. The lowest BCUT2D eigenvalue weighted by Gasteiger charge is -1.95. The van der Waals surface area contributed by atoms with Crippen LogP contribution in [0.25, 0.3) is 10.4 Å². The van der Waals surface area contributed by atoms with E-state index in [4.69, 9.17) is 17.1 Å². The number of hydrogen-bond acceptors (Lipinski definition) is 3. The average molecular weight is 199 g/mol. The summed E-state index contributed by atoms with van der Waals surface area (Å²) in [5.41, 5.74) is 7.97. The van der Waals surface area contributed by atoms with Crippen LogP contribution in [0.15, 0.2) is 23.3 Å². The van der Waals surface area contributed by atoms with Crippen molar-refractivity contribution in [1.82, 2.24) is 0 Å². The predicted octanol–water partition coefficient (Wildman–Crippen LogP) is 3.19. The van der Waals surface area contributed by atoms with Gasteiger partial charge in [-0.05, 0) is 11.6 Å². The predicted molar refractivity (Wildman–Crippen MR) is 46.9 cm³/mol. The maximum Gasteiger partial charge on any atom is 0.288 e. The molecule has 0 aliphatic rings. The highest BCUT2D eigenvalue weighted by Gasteiger charge is 2.11. The zero-order valence-corrected chi connectivity index (χ0v) is 6.97. The lowest BCUT2D eigenvalue weighted by atomic mass is 10.3. The van der Waals surface area contributed by atoms with Gasteiger partial charge in [0, 0.05) is 16.7 Å². The van der Waals surface area contributed by atoms with E-state index in [2.05, 4.69) is 10.0 Å². The van der Waals surface area contributed by atoms with Crippen molar-refractivity contribution in [2.75, 3.05) is 0 Å². The number of nitrogens with zero attached hydrogens (tertiary/aromatic N) is 4. The third kappa shape index (κ3) is 2.08. The second-order valence-corrected chi connectivity index (χ2v) is 2.49. The molecule has 0 saturated carbocycles. The lowest BCUT2D eigenvalue weighted by Crippen LogP contribution is -1.87. The van der Waals surface area contributed by atoms with E-state index in [0.29, 0.717) is 0 Å². The third-order valence-electron chi connectivity index (χ3n) is 1.29. The first kappa shape index (κ1) is 9.31. The van der Waals surface area contributed by atoms with Gasteiger partial charge in [0.2, 0.25) is 0 Å². The monoisotopic (exact) mass is 198 g/mol. The molecule has 0 saturated heterocycles. The van der Waals surface area contributed by atoms with Gasteiger partial charge >= 0.3 is 0 Å².